The predicted octanol–water partition coefficient (Wildman–Crippen LogP) is 6.45. The van der Waals surface area contributed by atoms with E-state index in [1.807, 2.05) is 64.9 Å². The zero-order valence-electron chi connectivity index (χ0n) is 23.9. The standard InChI is InChI=1S/C32H32Cl2N6O2S/c1-3-25(37-30(41)15-26-17-36-21-40(26)18-23-13-11-22(16-35)12-14-23)20-39(19-24-7-6-8-27(33)31(24)34)32(43)38-28-9-4-5-10-29(28)42-2/h4-14,17,21,25H,3,15,18-20H2,1-2H3,(H,37,41)(H,38,43)/t25-/m0/s1. The van der Waals surface area contributed by atoms with Crippen LogP contribution in [0.15, 0.2) is 79.3 Å². The number of ether oxygens (including phenoxy) is 1. The molecule has 3 aromatic carbocycles. The van der Waals surface area contributed by atoms with Crippen molar-refractivity contribution in [3.8, 4) is 11.8 Å². The fourth-order valence-electron chi connectivity index (χ4n) is 4.54. The van der Waals surface area contributed by atoms with Gasteiger partial charge in [-0.05, 0) is 60.1 Å². The van der Waals surface area contributed by atoms with Crippen LogP contribution in [0.25, 0.3) is 0 Å². The molecular weight excluding hydrogens is 603 g/mol. The highest BCUT2D eigenvalue weighted by Gasteiger charge is 2.21. The zero-order valence-corrected chi connectivity index (χ0v) is 26.2. The number of hydrogen-bond donors (Lipinski definition) is 2. The van der Waals surface area contributed by atoms with Crippen LogP contribution in [0.2, 0.25) is 10.0 Å². The minimum absolute atomic E-state index is 0.127. The lowest BCUT2D eigenvalue weighted by molar-refractivity contribution is -0.121. The van der Waals surface area contributed by atoms with Crippen molar-refractivity contribution < 1.29 is 9.53 Å². The van der Waals surface area contributed by atoms with Gasteiger partial charge in [-0.15, -0.1) is 0 Å². The number of aromatic nitrogens is 2. The highest BCUT2D eigenvalue weighted by molar-refractivity contribution is 7.80. The number of methoxy groups -OCH3 is 1. The van der Waals surface area contributed by atoms with E-state index in [1.54, 1.807) is 37.8 Å². The van der Waals surface area contributed by atoms with Gasteiger partial charge in [-0.25, -0.2) is 4.98 Å². The van der Waals surface area contributed by atoms with E-state index >= 15 is 0 Å². The van der Waals surface area contributed by atoms with Crippen LogP contribution in [0.5, 0.6) is 5.75 Å². The molecular formula is C32H32Cl2N6O2S. The molecule has 0 aliphatic carbocycles. The maximum Gasteiger partial charge on any atom is 0.226 e. The third-order valence-corrected chi connectivity index (χ3v) is 8.12. The average molecular weight is 636 g/mol. The largest absolute Gasteiger partial charge is 0.495 e. The van der Waals surface area contributed by atoms with Crippen molar-refractivity contribution in [2.24, 2.45) is 0 Å². The van der Waals surface area contributed by atoms with Crippen LogP contribution in [0.4, 0.5) is 5.69 Å². The lowest BCUT2D eigenvalue weighted by Crippen LogP contribution is -2.47. The van der Waals surface area contributed by atoms with E-state index in [0.717, 1.165) is 22.5 Å². The van der Waals surface area contributed by atoms with Gasteiger partial charge < -0.3 is 24.8 Å². The second kappa shape index (κ2) is 15.4. The molecule has 4 rings (SSSR count). The quantitative estimate of drug-likeness (QED) is 0.173. The number of thiocarbonyl (C=S) groups is 1. The molecule has 11 heteroatoms. The van der Waals surface area contributed by atoms with Crippen LogP contribution in [0.1, 0.15) is 35.7 Å². The molecule has 0 aliphatic heterocycles. The number of carbonyl (C=O) groups excluding carboxylic acids is 1. The number of nitrogens with zero attached hydrogens (tertiary/aromatic N) is 4. The van der Waals surface area contributed by atoms with Crippen molar-refractivity contribution >= 4 is 52.1 Å². The number of anilines is 1. The molecule has 1 aromatic heterocycles. The zero-order chi connectivity index (χ0) is 30.8. The molecule has 0 spiro atoms. The first-order chi connectivity index (χ1) is 20.8. The first-order valence-corrected chi connectivity index (χ1v) is 14.9. The Hall–Kier alpha value is -4.10. The van der Waals surface area contributed by atoms with Crippen LogP contribution in [-0.4, -0.2) is 45.2 Å². The summed E-state index contributed by atoms with van der Waals surface area (Å²) >= 11 is 18.7. The maximum absolute atomic E-state index is 13.2. The molecule has 0 radical (unpaired) electrons. The lowest BCUT2D eigenvalue weighted by Gasteiger charge is -2.31. The Morgan fingerprint density at radius 1 is 1.14 bits per heavy atom. The SMILES string of the molecule is CC[C@@H](CN(Cc1cccc(Cl)c1Cl)C(=S)Nc1ccccc1OC)NC(=O)Cc1cncn1Cc1ccc(C#N)cc1. The number of para-hydroxylation sites is 2. The van der Waals surface area contributed by atoms with E-state index in [9.17, 15) is 4.79 Å². The summed E-state index contributed by atoms with van der Waals surface area (Å²) in [7, 11) is 1.60. The van der Waals surface area contributed by atoms with Crippen molar-refractivity contribution in [3.05, 3.63) is 112 Å². The molecule has 2 N–H and O–H groups in total. The number of rotatable bonds is 12. The highest BCUT2D eigenvalue weighted by Crippen LogP contribution is 2.28. The molecule has 4 aromatic rings. The minimum atomic E-state index is -0.210. The maximum atomic E-state index is 13.2. The van der Waals surface area contributed by atoms with Crippen LogP contribution >= 0.6 is 35.4 Å². The third kappa shape index (κ3) is 8.71. The Morgan fingerprint density at radius 3 is 2.63 bits per heavy atom. The normalized spacial score (nSPS) is 11.3. The summed E-state index contributed by atoms with van der Waals surface area (Å²) in [5.41, 5.74) is 3.93. The van der Waals surface area contributed by atoms with Crippen LogP contribution in [-0.2, 0) is 24.3 Å². The fourth-order valence-corrected chi connectivity index (χ4v) is 5.17. The van der Waals surface area contributed by atoms with Crippen LogP contribution < -0.4 is 15.4 Å². The van der Waals surface area contributed by atoms with E-state index in [4.69, 9.17) is 45.4 Å². The molecule has 1 heterocycles. The molecule has 1 amide bonds. The van der Waals surface area contributed by atoms with Crippen LogP contribution in [0, 0.1) is 11.3 Å². The Labute approximate surface area is 267 Å². The molecule has 0 fully saturated rings. The van der Waals surface area contributed by atoms with Gasteiger partial charge in [0.25, 0.3) is 0 Å². The van der Waals surface area contributed by atoms with Gasteiger partial charge in [0.05, 0.1) is 47.2 Å². The van der Waals surface area contributed by atoms with E-state index in [2.05, 4.69) is 21.7 Å². The molecule has 222 valence electrons. The number of hydrogen-bond acceptors (Lipinski definition) is 5. The Kier molecular flexibility index (Phi) is 11.4. The van der Waals surface area contributed by atoms with Crippen molar-refractivity contribution in [2.75, 3.05) is 19.0 Å². The Balaban J connectivity index is 1.47. The minimum Gasteiger partial charge on any atom is -0.495 e. The summed E-state index contributed by atoms with van der Waals surface area (Å²) in [6.07, 6.45) is 4.24. The molecule has 0 bridgehead atoms. The van der Waals surface area contributed by atoms with Gasteiger partial charge >= 0.3 is 0 Å². The van der Waals surface area contributed by atoms with Crippen molar-refractivity contribution in [2.45, 2.75) is 38.9 Å². The van der Waals surface area contributed by atoms with E-state index < -0.39 is 0 Å². The number of carbonyl (C=O) groups is 1. The topological polar surface area (TPSA) is 95.2 Å². The van der Waals surface area contributed by atoms with E-state index in [-0.39, 0.29) is 18.4 Å². The number of amides is 1. The molecule has 8 nitrogen and oxygen atoms in total. The second-order valence-corrected chi connectivity index (χ2v) is 11.1. The molecule has 1 atom stereocenters. The number of nitrogens with one attached hydrogen (secondary N) is 2. The Bertz CT molecular complexity index is 1600. The molecule has 0 saturated heterocycles. The predicted molar refractivity (Wildman–Crippen MR) is 174 cm³/mol. The lowest BCUT2D eigenvalue weighted by atomic mass is 10.1. The molecule has 0 unspecified atom stereocenters. The van der Waals surface area contributed by atoms with Gasteiger partial charge in [0.15, 0.2) is 5.11 Å². The van der Waals surface area contributed by atoms with Gasteiger partial charge in [-0.3, -0.25) is 4.79 Å². The van der Waals surface area contributed by atoms with Gasteiger partial charge in [-0.1, -0.05) is 66.5 Å². The van der Waals surface area contributed by atoms with Crippen LogP contribution in [0.3, 0.4) is 0 Å². The number of benzene rings is 3. The smallest absolute Gasteiger partial charge is 0.226 e. The summed E-state index contributed by atoms with van der Waals surface area (Å²) in [4.78, 5) is 19.5. The first kappa shape index (κ1) is 31.8. The van der Waals surface area contributed by atoms with Crippen molar-refractivity contribution in [1.29, 1.82) is 5.26 Å². The molecule has 43 heavy (non-hydrogen) atoms. The summed E-state index contributed by atoms with van der Waals surface area (Å²) in [6, 6.07) is 22.3. The first-order valence-electron chi connectivity index (χ1n) is 13.7. The average Bonchev–Trinajstić information content (AvgIpc) is 3.44. The van der Waals surface area contributed by atoms with Crippen molar-refractivity contribution in [1.82, 2.24) is 19.8 Å². The van der Waals surface area contributed by atoms with Gasteiger partial charge in [0, 0.05) is 37.6 Å². The molecule has 0 saturated carbocycles. The third-order valence-electron chi connectivity index (χ3n) is 6.90. The monoisotopic (exact) mass is 634 g/mol. The summed E-state index contributed by atoms with van der Waals surface area (Å²) < 4.78 is 7.42. The number of imidazole rings is 1. The van der Waals surface area contributed by atoms with E-state index in [1.165, 1.54) is 0 Å². The molecule has 0 aliphatic rings. The van der Waals surface area contributed by atoms with Gasteiger partial charge in [-0.2, -0.15) is 5.26 Å². The van der Waals surface area contributed by atoms with Gasteiger partial charge in [0.1, 0.15) is 5.75 Å². The fraction of sp³-hybridized carbons (Fsp3) is 0.250. The summed E-state index contributed by atoms with van der Waals surface area (Å²) in [5.74, 6) is 0.529. The Morgan fingerprint density at radius 2 is 1.91 bits per heavy atom. The van der Waals surface area contributed by atoms with Crippen molar-refractivity contribution in [3.63, 3.8) is 0 Å². The number of nitriles is 1. The highest BCUT2D eigenvalue weighted by atomic mass is 35.5. The summed E-state index contributed by atoms with van der Waals surface area (Å²) in [5, 5.41) is 16.9. The number of halogens is 2. The second-order valence-electron chi connectivity index (χ2n) is 9.89. The van der Waals surface area contributed by atoms with Gasteiger partial charge in [0.2, 0.25) is 5.91 Å². The summed E-state index contributed by atoms with van der Waals surface area (Å²) in [6.45, 7) is 3.37. The van der Waals surface area contributed by atoms with E-state index in [0.29, 0.717) is 52.5 Å².